The number of alkyl halides is 2. The lowest BCUT2D eigenvalue weighted by Crippen LogP contribution is -2.29. The SMILES string of the molecule is O=C1CCCC(C(Cl)(Cl)c2ccccc2)C1. The number of ketones is 1. The highest BCUT2D eigenvalue weighted by Gasteiger charge is 2.39. The molecule has 0 N–H and O–H groups in total. The predicted octanol–water partition coefficient (Wildman–Crippen LogP) is 4.08. The van der Waals surface area contributed by atoms with Crippen LogP contribution in [0.5, 0.6) is 0 Å². The maximum absolute atomic E-state index is 11.4. The minimum atomic E-state index is -0.933. The standard InChI is InChI=1S/C13H14Cl2O/c14-13(15,10-5-2-1-3-6-10)11-7-4-8-12(16)9-11/h1-3,5-6,11H,4,7-9H2. The summed E-state index contributed by atoms with van der Waals surface area (Å²) in [7, 11) is 0. The second kappa shape index (κ2) is 4.77. The lowest BCUT2D eigenvalue weighted by atomic mass is 9.83. The topological polar surface area (TPSA) is 17.1 Å². The molecule has 0 spiro atoms. The third kappa shape index (κ3) is 2.41. The Kier molecular flexibility index (Phi) is 3.56. The Morgan fingerprint density at radius 2 is 1.88 bits per heavy atom. The van der Waals surface area contributed by atoms with Crippen molar-refractivity contribution in [2.24, 2.45) is 5.92 Å². The number of halogens is 2. The summed E-state index contributed by atoms with van der Waals surface area (Å²) in [4.78, 5) is 11.4. The zero-order valence-corrected chi connectivity index (χ0v) is 10.5. The lowest BCUT2D eigenvalue weighted by molar-refractivity contribution is -0.121. The highest BCUT2D eigenvalue weighted by atomic mass is 35.5. The highest BCUT2D eigenvalue weighted by Crippen LogP contribution is 2.46. The van der Waals surface area contributed by atoms with Crippen molar-refractivity contribution in [1.29, 1.82) is 0 Å². The van der Waals surface area contributed by atoms with E-state index in [9.17, 15) is 4.79 Å². The molecule has 0 amide bonds. The van der Waals surface area contributed by atoms with Crippen molar-refractivity contribution in [3.8, 4) is 0 Å². The summed E-state index contributed by atoms with van der Waals surface area (Å²) in [5.41, 5.74) is 0.887. The van der Waals surface area contributed by atoms with Gasteiger partial charge < -0.3 is 0 Å². The third-order valence-corrected chi connectivity index (χ3v) is 4.21. The Bertz CT molecular complexity index is 373. The van der Waals surface area contributed by atoms with E-state index >= 15 is 0 Å². The van der Waals surface area contributed by atoms with E-state index in [1.165, 1.54) is 0 Å². The molecule has 1 aromatic carbocycles. The van der Waals surface area contributed by atoms with E-state index in [-0.39, 0.29) is 11.7 Å². The molecule has 1 aliphatic rings. The predicted molar refractivity (Wildman–Crippen MR) is 66.8 cm³/mol. The van der Waals surface area contributed by atoms with Gasteiger partial charge in [-0.2, -0.15) is 0 Å². The molecule has 1 unspecified atom stereocenters. The molecule has 1 saturated carbocycles. The van der Waals surface area contributed by atoms with Crippen LogP contribution in [0, 0.1) is 5.92 Å². The van der Waals surface area contributed by atoms with Crippen molar-refractivity contribution < 1.29 is 4.79 Å². The van der Waals surface area contributed by atoms with Crippen molar-refractivity contribution in [1.82, 2.24) is 0 Å². The fraction of sp³-hybridized carbons (Fsp3) is 0.462. The van der Waals surface area contributed by atoms with Crippen LogP contribution in [-0.2, 0) is 9.13 Å². The molecule has 1 atom stereocenters. The monoisotopic (exact) mass is 256 g/mol. The number of carbonyl (C=O) groups excluding carboxylic acids is 1. The first-order chi connectivity index (χ1) is 7.60. The fourth-order valence-corrected chi connectivity index (χ4v) is 2.85. The molecular formula is C13H14Cl2O. The van der Waals surface area contributed by atoms with Gasteiger partial charge in [0.2, 0.25) is 0 Å². The summed E-state index contributed by atoms with van der Waals surface area (Å²) in [6.45, 7) is 0. The van der Waals surface area contributed by atoms with Gasteiger partial charge in [0.05, 0.1) is 0 Å². The molecule has 1 fully saturated rings. The first kappa shape index (κ1) is 11.9. The lowest BCUT2D eigenvalue weighted by Gasteiger charge is -2.32. The second-order valence-corrected chi connectivity index (χ2v) is 5.71. The summed E-state index contributed by atoms with van der Waals surface area (Å²) < 4.78 is -0.933. The maximum Gasteiger partial charge on any atom is 0.146 e. The van der Waals surface area contributed by atoms with Gasteiger partial charge in [-0.1, -0.05) is 53.5 Å². The van der Waals surface area contributed by atoms with Crippen LogP contribution in [0.15, 0.2) is 30.3 Å². The number of benzene rings is 1. The van der Waals surface area contributed by atoms with Crippen LogP contribution in [-0.4, -0.2) is 5.78 Å². The fourth-order valence-electron chi connectivity index (χ4n) is 2.23. The van der Waals surface area contributed by atoms with E-state index in [0.29, 0.717) is 12.8 Å². The highest BCUT2D eigenvalue weighted by molar-refractivity contribution is 6.48. The molecule has 0 heterocycles. The Balaban J connectivity index is 2.21. The van der Waals surface area contributed by atoms with Crippen LogP contribution in [0.25, 0.3) is 0 Å². The molecule has 1 aliphatic carbocycles. The minimum Gasteiger partial charge on any atom is -0.300 e. The number of hydrogen-bond donors (Lipinski definition) is 0. The Morgan fingerprint density at radius 1 is 1.19 bits per heavy atom. The summed E-state index contributed by atoms with van der Waals surface area (Å²) >= 11 is 12.8. The molecule has 0 bridgehead atoms. The average molecular weight is 257 g/mol. The number of carbonyl (C=O) groups is 1. The van der Waals surface area contributed by atoms with Crippen molar-refractivity contribution in [2.75, 3.05) is 0 Å². The van der Waals surface area contributed by atoms with Crippen molar-refractivity contribution in [2.45, 2.75) is 30.0 Å². The van der Waals surface area contributed by atoms with E-state index in [1.807, 2.05) is 30.3 Å². The second-order valence-electron chi connectivity index (χ2n) is 4.32. The van der Waals surface area contributed by atoms with Crippen molar-refractivity contribution in [3.05, 3.63) is 35.9 Å². The minimum absolute atomic E-state index is 0.0412. The van der Waals surface area contributed by atoms with E-state index in [1.54, 1.807) is 0 Å². The van der Waals surface area contributed by atoms with E-state index < -0.39 is 4.33 Å². The van der Waals surface area contributed by atoms with Crippen molar-refractivity contribution >= 4 is 29.0 Å². The van der Waals surface area contributed by atoms with Gasteiger partial charge in [-0.15, -0.1) is 0 Å². The largest absolute Gasteiger partial charge is 0.300 e. The number of rotatable bonds is 2. The Hall–Kier alpha value is -0.530. The molecule has 0 saturated heterocycles. The van der Waals surface area contributed by atoms with Gasteiger partial charge in [0.25, 0.3) is 0 Å². The quantitative estimate of drug-likeness (QED) is 0.729. The molecule has 1 aromatic rings. The van der Waals surface area contributed by atoms with Gasteiger partial charge in [-0.3, -0.25) is 4.79 Å². The first-order valence-electron chi connectivity index (χ1n) is 5.56. The van der Waals surface area contributed by atoms with E-state index in [0.717, 1.165) is 18.4 Å². The molecule has 0 aromatic heterocycles. The molecular weight excluding hydrogens is 243 g/mol. The van der Waals surface area contributed by atoms with Gasteiger partial charge in [0, 0.05) is 18.8 Å². The normalized spacial score (nSPS) is 22.1. The molecule has 16 heavy (non-hydrogen) atoms. The van der Waals surface area contributed by atoms with Crippen LogP contribution in [0.3, 0.4) is 0 Å². The van der Waals surface area contributed by atoms with Gasteiger partial charge in [-0.25, -0.2) is 0 Å². The Morgan fingerprint density at radius 3 is 2.50 bits per heavy atom. The summed E-state index contributed by atoms with van der Waals surface area (Å²) in [5, 5.41) is 0. The molecule has 2 rings (SSSR count). The van der Waals surface area contributed by atoms with Gasteiger partial charge in [-0.05, 0) is 18.4 Å². The molecule has 0 radical (unpaired) electrons. The van der Waals surface area contributed by atoms with Crippen LogP contribution < -0.4 is 0 Å². The average Bonchev–Trinajstić information content (AvgIpc) is 2.30. The number of Topliss-reactive ketones (excluding diaryl/α,β-unsaturated/α-hetero) is 1. The first-order valence-corrected chi connectivity index (χ1v) is 6.31. The summed E-state index contributed by atoms with van der Waals surface area (Å²) in [5.74, 6) is 0.317. The third-order valence-electron chi connectivity index (χ3n) is 3.15. The summed E-state index contributed by atoms with van der Waals surface area (Å²) in [6.07, 6.45) is 3.00. The van der Waals surface area contributed by atoms with Gasteiger partial charge in [0.1, 0.15) is 10.1 Å². The van der Waals surface area contributed by atoms with Crippen LogP contribution in [0.2, 0.25) is 0 Å². The molecule has 1 nitrogen and oxygen atoms in total. The van der Waals surface area contributed by atoms with Crippen LogP contribution in [0.4, 0.5) is 0 Å². The molecule has 3 heteroatoms. The van der Waals surface area contributed by atoms with E-state index in [4.69, 9.17) is 23.2 Å². The van der Waals surface area contributed by atoms with Gasteiger partial charge in [0.15, 0.2) is 0 Å². The zero-order chi connectivity index (χ0) is 11.6. The van der Waals surface area contributed by atoms with Gasteiger partial charge >= 0.3 is 0 Å². The molecule has 0 aliphatic heterocycles. The van der Waals surface area contributed by atoms with Crippen LogP contribution >= 0.6 is 23.2 Å². The zero-order valence-electron chi connectivity index (χ0n) is 8.96. The Labute approximate surface area is 106 Å². The summed E-state index contributed by atoms with van der Waals surface area (Å²) in [6, 6.07) is 9.59. The smallest absolute Gasteiger partial charge is 0.146 e. The maximum atomic E-state index is 11.4. The van der Waals surface area contributed by atoms with E-state index in [2.05, 4.69) is 0 Å². The molecule has 86 valence electrons. The van der Waals surface area contributed by atoms with Crippen LogP contribution in [0.1, 0.15) is 31.2 Å². The number of hydrogen-bond acceptors (Lipinski definition) is 1. The van der Waals surface area contributed by atoms with Crippen molar-refractivity contribution in [3.63, 3.8) is 0 Å².